The number of aromatic carboxylic acids is 1. The molecule has 0 aliphatic carbocycles. The number of anilines is 2. The largest absolute Gasteiger partial charge is 0.476 e. The summed E-state index contributed by atoms with van der Waals surface area (Å²) in [7, 11) is -3.93. The molecule has 0 aromatic carbocycles. The number of pyridine rings is 1. The number of piperidine rings is 1. The summed E-state index contributed by atoms with van der Waals surface area (Å²) in [4.78, 5) is 18.8. The molecule has 0 radical (unpaired) electrons. The molecule has 2 aromatic heterocycles. The summed E-state index contributed by atoms with van der Waals surface area (Å²) in [6.07, 6.45) is 3.20. The van der Waals surface area contributed by atoms with Crippen molar-refractivity contribution < 1.29 is 18.3 Å². The molecule has 1 aliphatic heterocycles. The maximum Gasteiger partial charge on any atom is 0.357 e. The van der Waals surface area contributed by atoms with Crippen LogP contribution < -0.4 is 15.4 Å². The molecule has 9 nitrogen and oxygen atoms in total. The molecule has 1 aliphatic rings. The van der Waals surface area contributed by atoms with Crippen LogP contribution in [0.3, 0.4) is 0 Å². The Balaban J connectivity index is 1.71. The molecular weight excluding hydrogens is 366 g/mol. The molecule has 1 fully saturated rings. The number of rotatable bonds is 6. The summed E-state index contributed by atoms with van der Waals surface area (Å²) in [5.41, 5.74) is 0.941. The molecule has 3 rings (SSSR count). The fourth-order valence-corrected chi connectivity index (χ4v) is 4.39. The van der Waals surface area contributed by atoms with E-state index in [2.05, 4.69) is 25.3 Å². The van der Waals surface area contributed by atoms with Crippen molar-refractivity contribution in [2.75, 3.05) is 23.1 Å². The number of hydrogen-bond acceptors (Lipinski definition) is 8. The Morgan fingerprint density at radius 1 is 1.28 bits per heavy atom. The second-order valence-electron chi connectivity index (χ2n) is 5.49. The molecule has 4 N–H and O–H groups in total. The molecule has 25 heavy (non-hydrogen) atoms. The van der Waals surface area contributed by atoms with Gasteiger partial charge in [0.2, 0.25) is 0 Å². The van der Waals surface area contributed by atoms with Gasteiger partial charge in [-0.25, -0.2) is 23.2 Å². The molecule has 0 bridgehead atoms. The van der Waals surface area contributed by atoms with Gasteiger partial charge in [-0.15, -0.1) is 11.3 Å². The van der Waals surface area contributed by atoms with Gasteiger partial charge in [-0.05, 0) is 38.1 Å². The van der Waals surface area contributed by atoms with Crippen LogP contribution >= 0.6 is 11.3 Å². The van der Waals surface area contributed by atoms with Crippen LogP contribution in [0.2, 0.25) is 0 Å². The Labute approximate surface area is 148 Å². The zero-order chi connectivity index (χ0) is 17.9. The van der Waals surface area contributed by atoms with E-state index in [-0.39, 0.29) is 15.6 Å². The molecule has 1 saturated heterocycles. The second kappa shape index (κ2) is 7.33. The highest BCUT2D eigenvalue weighted by Crippen LogP contribution is 2.24. The number of sulfonamides is 1. The van der Waals surface area contributed by atoms with Crippen molar-refractivity contribution >= 4 is 38.1 Å². The van der Waals surface area contributed by atoms with E-state index < -0.39 is 16.0 Å². The summed E-state index contributed by atoms with van der Waals surface area (Å²) in [5.74, 6) is -0.687. The fourth-order valence-electron chi connectivity index (χ4n) is 2.45. The topological polar surface area (TPSA) is 133 Å². The van der Waals surface area contributed by atoms with Gasteiger partial charge in [0.1, 0.15) is 15.7 Å². The van der Waals surface area contributed by atoms with E-state index in [1.54, 1.807) is 6.07 Å². The normalized spacial score (nSPS) is 15.7. The van der Waals surface area contributed by atoms with Crippen LogP contribution in [-0.2, 0) is 10.0 Å². The Hall–Kier alpha value is -2.24. The van der Waals surface area contributed by atoms with Gasteiger partial charge in [0.15, 0.2) is 5.69 Å². The first-order valence-electron chi connectivity index (χ1n) is 7.58. The van der Waals surface area contributed by atoms with Gasteiger partial charge in [0.05, 0.1) is 5.51 Å². The molecular formula is C14H17N5O4S2. The Bertz CT molecular complexity index is 844. The third-order valence-electron chi connectivity index (χ3n) is 3.73. The summed E-state index contributed by atoms with van der Waals surface area (Å²) >= 11 is 0.905. The number of thiazole rings is 1. The number of carboxylic acid groups (broad SMARTS) is 1. The van der Waals surface area contributed by atoms with Gasteiger partial charge in [-0.3, -0.25) is 4.72 Å². The predicted octanol–water partition coefficient (Wildman–Crippen LogP) is 1.20. The van der Waals surface area contributed by atoms with Crippen LogP contribution in [0.1, 0.15) is 23.3 Å². The minimum absolute atomic E-state index is 0.0376. The zero-order valence-electron chi connectivity index (χ0n) is 13.1. The van der Waals surface area contributed by atoms with E-state index in [4.69, 9.17) is 5.11 Å². The number of nitrogens with one attached hydrogen (secondary N) is 3. The van der Waals surface area contributed by atoms with Crippen molar-refractivity contribution in [3.63, 3.8) is 0 Å². The standard InChI is InChI=1S/C14H17N5O4S2/c20-14(21)12-13(24-8-17-12)19-25(22,23)10-1-2-11(16-7-10)18-9-3-5-15-6-4-9/h1-2,7-9,15,19H,3-6H2,(H,16,18)(H,20,21). The lowest BCUT2D eigenvalue weighted by Gasteiger charge is -2.24. The lowest BCUT2D eigenvalue weighted by Crippen LogP contribution is -2.35. The third-order valence-corrected chi connectivity index (χ3v) is 5.94. The van der Waals surface area contributed by atoms with E-state index in [1.807, 2.05) is 0 Å². The number of aromatic nitrogens is 2. The van der Waals surface area contributed by atoms with E-state index in [1.165, 1.54) is 17.8 Å². The summed E-state index contributed by atoms with van der Waals surface area (Å²) in [6.45, 7) is 1.88. The van der Waals surface area contributed by atoms with Crippen molar-refractivity contribution in [1.82, 2.24) is 15.3 Å². The van der Waals surface area contributed by atoms with Crippen molar-refractivity contribution in [2.45, 2.75) is 23.8 Å². The van der Waals surface area contributed by atoms with Gasteiger partial charge in [0, 0.05) is 12.2 Å². The Kier molecular flexibility index (Phi) is 5.16. The Morgan fingerprint density at radius 2 is 2.04 bits per heavy atom. The van der Waals surface area contributed by atoms with Crippen LogP contribution in [0.5, 0.6) is 0 Å². The highest BCUT2D eigenvalue weighted by atomic mass is 32.2. The molecule has 0 spiro atoms. The van der Waals surface area contributed by atoms with Crippen molar-refractivity contribution in [3.05, 3.63) is 29.5 Å². The summed E-state index contributed by atoms with van der Waals surface area (Å²) < 4.78 is 27.0. The van der Waals surface area contributed by atoms with Gasteiger partial charge in [-0.2, -0.15) is 0 Å². The zero-order valence-corrected chi connectivity index (χ0v) is 14.7. The van der Waals surface area contributed by atoms with Gasteiger partial charge in [0.25, 0.3) is 10.0 Å². The van der Waals surface area contributed by atoms with Crippen molar-refractivity contribution in [3.8, 4) is 0 Å². The first-order chi connectivity index (χ1) is 12.0. The molecule has 0 unspecified atom stereocenters. The summed E-state index contributed by atoms with van der Waals surface area (Å²) in [6, 6.07) is 3.34. The average Bonchev–Trinajstić information content (AvgIpc) is 3.04. The van der Waals surface area contributed by atoms with Crippen LogP contribution in [0, 0.1) is 0 Å². The molecule has 0 atom stereocenters. The van der Waals surface area contributed by atoms with E-state index >= 15 is 0 Å². The molecule has 0 amide bonds. The van der Waals surface area contributed by atoms with Crippen molar-refractivity contribution in [1.29, 1.82) is 0 Å². The minimum atomic E-state index is -3.93. The summed E-state index contributed by atoms with van der Waals surface area (Å²) in [5, 5.41) is 15.5. The van der Waals surface area contributed by atoms with Crippen LogP contribution in [0.15, 0.2) is 28.7 Å². The fraction of sp³-hybridized carbons (Fsp3) is 0.357. The highest BCUT2D eigenvalue weighted by Gasteiger charge is 2.21. The van der Waals surface area contributed by atoms with Gasteiger partial charge >= 0.3 is 5.97 Å². The highest BCUT2D eigenvalue weighted by molar-refractivity contribution is 7.93. The van der Waals surface area contributed by atoms with E-state index in [9.17, 15) is 13.2 Å². The predicted molar refractivity (Wildman–Crippen MR) is 93.6 cm³/mol. The third kappa shape index (κ3) is 4.24. The molecule has 134 valence electrons. The van der Waals surface area contributed by atoms with Gasteiger partial charge in [-0.1, -0.05) is 0 Å². The Morgan fingerprint density at radius 3 is 2.68 bits per heavy atom. The molecule has 0 saturated carbocycles. The SMILES string of the molecule is O=C(O)c1ncsc1NS(=O)(=O)c1ccc(NC2CCNCC2)nc1. The molecule has 11 heteroatoms. The number of carbonyl (C=O) groups is 1. The van der Waals surface area contributed by atoms with Crippen molar-refractivity contribution in [2.24, 2.45) is 0 Å². The minimum Gasteiger partial charge on any atom is -0.476 e. The van der Waals surface area contributed by atoms with Crippen LogP contribution in [-0.4, -0.2) is 48.6 Å². The molecule has 3 heterocycles. The lowest BCUT2D eigenvalue weighted by atomic mass is 10.1. The maximum absolute atomic E-state index is 12.4. The van der Waals surface area contributed by atoms with E-state index in [0.29, 0.717) is 11.9 Å². The van der Waals surface area contributed by atoms with Crippen LogP contribution in [0.25, 0.3) is 0 Å². The smallest absolute Gasteiger partial charge is 0.357 e. The lowest BCUT2D eigenvalue weighted by molar-refractivity contribution is 0.0692. The number of hydrogen-bond donors (Lipinski definition) is 4. The van der Waals surface area contributed by atoms with Gasteiger partial charge < -0.3 is 15.7 Å². The molecule has 2 aromatic rings. The quantitative estimate of drug-likeness (QED) is 0.585. The number of nitrogens with zero attached hydrogens (tertiary/aromatic N) is 2. The number of carboxylic acids is 1. The maximum atomic E-state index is 12.4. The first kappa shape index (κ1) is 17.6. The second-order valence-corrected chi connectivity index (χ2v) is 8.03. The monoisotopic (exact) mass is 383 g/mol. The average molecular weight is 383 g/mol. The van der Waals surface area contributed by atoms with E-state index in [0.717, 1.165) is 37.3 Å². The van der Waals surface area contributed by atoms with Crippen LogP contribution in [0.4, 0.5) is 10.8 Å². The first-order valence-corrected chi connectivity index (χ1v) is 9.95.